The van der Waals surface area contributed by atoms with Gasteiger partial charge in [-0.15, -0.1) is 6.58 Å². The lowest BCUT2D eigenvalue weighted by Gasteiger charge is -2.09. The number of rotatable bonds is 6. The monoisotopic (exact) mass is 232 g/mol. The van der Waals surface area contributed by atoms with Crippen LogP contribution in [0.25, 0.3) is 0 Å². The Morgan fingerprint density at radius 2 is 2.41 bits per heavy atom. The van der Waals surface area contributed by atoms with Crippen LogP contribution in [0.5, 0.6) is 0 Å². The second kappa shape index (κ2) is 8.33. The summed E-state index contributed by atoms with van der Waals surface area (Å²) >= 11 is 0. The van der Waals surface area contributed by atoms with Crippen LogP contribution in [-0.4, -0.2) is 30.6 Å². The Morgan fingerprint density at radius 3 is 3.06 bits per heavy atom. The molecule has 1 aromatic heterocycles. The predicted molar refractivity (Wildman–Crippen MR) is 72.1 cm³/mol. The molecule has 17 heavy (non-hydrogen) atoms. The zero-order chi connectivity index (χ0) is 12.3. The summed E-state index contributed by atoms with van der Waals surface area (Å²) in [7, 11) is 0. The fourth-order valence-corrected chi connectivity index (χ4v) is 1.35. The molecule has 1 rings (SSSR count). The van der Waals surface area contributed by atoms with Crippen LogP contribution in [0.3, 0.4) is 0 Å². The van der Waals surface area contributed by atoms with Gasteiger partial charge < -0.3 is 10.6 Å². The first-order valence-electron chi connectivity index (χ1n) is 5.88. The lowest BCUT2D eigenvalue weighted by molar-refractivity contribution is 0.850. The average Bonchev–Trinajstić information content (AvgIpc) is 2.37. The van der Waals surface area contributed by atoms with Crippen molar-refractivity contribution in [1.82, 2.24) is 15.6 Å². The van der Waals surface area contributed by atoms with Gasteiger partial charge in [0.05, 0.1) is 0 Å². The highest BCUT2D eigenvalue weighted by Gasteiger charge is 1.95. The molecule has 0 fully saturated rings. The summed E-state index contributed by atoms with van der Waals surface area (Å²) in [6.07, 6.45) is 6.37. The van der Waals surface area contributed by atoms with Gasteiger partial charge in [-0.1, -0.05) is 12.1 Å². The van der Waals surface area contributed by atoms with Gasteiger partial charge >= 0.3 is 0 Å². The Balaban J connectivity index is 2.40. The van der Waals surface area contributed by atoms with Crippen LogP contribution in [0.1, 0.15) is 12.5 Å². The Hall–Kier alpha value is -1.84. The van der Waals surface area contributed by atoms with Crippen LogP contribution in [0.4, 0.5) is 0 Å². The van der Waals surface area contributed by atoms with Crippen molar-refractivity contribution in [2.45, 2.75) is 13.3 Å². The van der Waals surface area contributed by atoms with Crippen molar-refractivity contribution in [2.24, 2.45) is 4.99 Å². The smallest absolute Gasteiger partial charge is 0.191 e. The first-order valence-corrected chi connectivity index (χ1v) is 5.88. The molecule has 0 unspecified atom stereocenters. The third kappa shape index (κ3) is 5.70. The van der Waals surface area contributed by atoms with E-state index in [1.165, 1.54) is 5.56 Å². The molecule has 0 aliphatic heterocycles. The van der Waals surface area contributed by atoms with Gasteiger partial charge in [0.2, 0.25) is 0 Å². The van der Waals surface area contributed by atoms with Gasteiger partial charge in [-0.25, -0.2) is 0 Å². The van der Waals surface area contributed by atoms with E-state index in [0.29, 0.717) is 0 Å². The molecule has 4 heteroatoms. The molecule has 0 aliphatic carbocycles. The number of hydrogen-bond acceptors (Lipinski definition) is 2. The summed E-state index contributed by atoms with van der Waals surface area (Å²) in [5, 5.41) is 6.34. The normalized spacial score (nSPS) is 11.0. The highest BCUT2D eigenvalue weighted by Crippen LogP contribution is 1.96. The summed E-state index contributed by atoms with van der Waals surface area (Å²) in [5.41, 5.74) is 1.20. The van der Waals surface area contributed by atoms with E-state index in [9.17, 15) is 0 Å². The van der Waals surface area contributed by atoms with Crippen molar-refractivity contribution in [3.05, 3.63) is 42.7 Å². The van der Waals surface area contributed by atoms with Crippen molar-refractivity contribution in [1.29, 1.82) is 0 Å². The molecule has 4 nitrogen and oxygen atoms in total. The van der Waals surface area contributed by atoms with E-state index >= 15 is 0 Å². The van der Waals surface area contributed by atoms with Crippen LogP contribution in [0.2, 0.25) is 0 Å². The van der Waals surface area contributed by atoms with Crippen LogP contribution in [0.15, 0.2) is 42.2 Å². The van der Waals surface area contributed by atoms with E-state index in [0.717, 1.165) is 32.0 Å². The third-order valence-electron chi connectivity index (χ3n) is 2.15. The number of nitrogens with one attached hydrogen (secondary N) is 2. The van der Waals surface area contributed by atoms with Crippen molar-refractivity contribution in [3.63, 3.8) is 0 Å². The number of pyridine rings is 1. The molecular weight excluding hydrogens is 212 g/mol. The van der Waals surface area contributed by atoms with Crippen molar-refractivity contribution >= 4 is 5.96 Å². The zero-order valence-electron chi connectivity index (χ0n) is 10.3. The molecule has 0 bridgehead atoms. The molecule has 0 saturated heterocycles. The average molecular weight is 232 g/mol. The SMILES string of the molecule is C=CCNC(=NCCc1cccnc1)NCC. The minimum Gasteiger partial charge on any atom is -0.357 e. The van der Waals surface area contributed by atoms with E-state index in [1.54, 1.807) is 6.20 Å². The van der Waals surface area contributed by atoms with E-state index in [4.69, 9.17) is 0 Å². The van der Waals surface area contributed by atoms with E-state index in [-0.39, 0.29) is 0 Å². The van der Waals surface area contributed by atoms with E-state index in [1.807, 2.05) is 25.3 Å². The number of hydrogen-bond donors (Lipinski definition) is 2. The second-order valence-electron chi connectivity index (χ2n) is 3.54. The summed E-state index contributed by atoms with van der Waals surface area (Å²) in [5.74, 6) is 0.830. The van der Waals surface area contributed by atoms with Crippen LogP contribution in [0, 0.1) is 0 Å². The van der Waals surface area contributed by atoms with Gasteiger partial charge in [0.25, 0.3) is 0 Å². The van der Waals surface area contributed by atoms with Gasteiger partial charge in [-0.05, 0) is 25.0 Å². The quantitative estimate of drug-likeness (QED) is 0.442. The topological polar surface area (TPSA) is 49.3 Å². The van der Waals surface area contributed by atoms with Gasteiger partial charge in [-0.3, -0.25) is 9.98 Å². The first kappa shape index (κ1) is 13.2. The summed E-state index contributed by atoms with van der Waals surface area (Å²) in [4.78, 5) is 8.54. The van der Waals surface area contributed by atoms with E-state index < -0.39 is 0 Å². The molecule has 0 amide bonds. The predicted octanol–water partition coefficient (Wildman–Crippen LogP) is 1.37. The summed E-state index contributed by atoms with van der Waals surface area (Å²) < 4.78 is 0. The van der Waals surface area contributed by atoms with Crippen molar-refractivity contribution in [3.8, 4) is 0 Å². The van der Waals surface area contributed by atoms with Gasteiger partial charge in [0.1, 0.15) is 0 Å². The standard InChI is InChI=1S/C13H20N4/c1-3-8-16-13(15-4-2)17-10-7-12-6-5-9-14-11-12/h3,5-6,9,11H,1,4,7-8,10H2,2H3,(H2,15,16,17). The van der Waals surface area contributed by atoms with Crippen LogP contribution >= 0.6 is 0 Å². The van der Waals surface area contributed by atoms with Gasteiger partial charge in [-0.2, -0.15) is 0 Å². The van der Waals surface area contributed by atoms with E-state index in [2.05, 4.69) is 33.3 Å². The Labute approximate surface area is 103 Å². The fraction of sp³-hybridized carbons (Fsp3) is 0.385. The number of nitrogens with zero attached hydrogens (tertiary/aromatic N) is 2. The minimum absolute atomic E-state index is 0.721. The van der Waals surface area contributed by atoms with Crippen molar-refractivity contribution < 1.29 is 0 Å². The highest BCUT2D eigenvalue weighted by atomic mass is 15.2. The largest absolute Gasteiger partial charge is 0.357 e. The molecule has 2 N–H and O–H groups in total. The van der Waals surface area contributed by atoms with Crippen molar-refractivity contribution in [2.75, 3.05) is 19.6 Å². The lowest BCUT2D eigenvalue weighted by Crippen LogP contribution is -2.37. The molecule has 0 saturated carbocycles. The maximum Gasteiger partial charge on any atom is 0.191 e. The zero-order valence-corrected chi connectivity index (χ0v) is 10.3. The van der Waals surface area contributed by atoms with Crippen LogP contribution < -0.4 is 10.6 Å². The maximum absolute atomic E-state index is 4.47. The molecule has 0 atom stereocenters. The Kier molecular flexibility index (Phi) is 6.48. The molecule has 92 valence electrons. The minimum atomic E-state index is 0.721. The summed E-state index contributed by atoms with van der Waals surface area (Å²) in [6, 6.07) is 4.01. The Bertz CT molecular complexity index is 346. The molecule has 0 aromatic carbocycles. The molecule has 0 radical (unpaired) electrons. The molecular formula is C13H20N4. The molecule has 1 aromatic rings. The van der Waals surface area contributed by atoms with Crippen LogP contribution in [-0.2, 0) is 6.42 Å². The molecule has 0 aliphatic rings. The summed E-state index contributed by atoms with van der Waals surface area (Å²) in [6.45, 7) is 8.04. The number of aliphatic imine (C=N–C) groups is 1. The first-order chi connectivity index (χ1) is 8.36. The second-order valence-corrected chi connectivity index (χ2v) is 3.54. The number of aromatic nitrogens is 1. The molecule has 0 spiro atoms. The number of guanidine groups is 1. The fourth-order valence-electron chi connectivity index (χ4n) is 1.35. The highest BCUT2D eigenvalue weighted by molar-refractivity contribution is 5.79. The lowest BCUT2D eigenvalue weighted by atomic mass is 10.2. The third-order valence-corrected chi connectivity index (χ3v) is 2.15. The van der Waals surface area contributed by atoms with Gasteiger partial charge in [0, 0.05) is 32.0 Å². The molecule has 1 heterocycles. The maximum atomic E-state index is 4.47. The Morgan fingerprint density at radius 1 is 1.53 bits per heavy atom. The van der Waals surface area contributed by atoms with Gasteiger partial charge in [0.15, 0.2) is 5.96 Å².